The van der Waals surface area contributed by atoms with E-state index in [1.54, 1.807) is 0 Å². The van der Waals surface area contributed by atoms with E-state index in [9.17, 15) is 14.4 Å². The molecule has 6 nitrogen and oxygen atoms in total. The van der Waals surface area contributed by atoms with Crippen molar-refractivity contribution >= 4 is 17.9 Å². The molecule has 0 bridgehead atoms. The van der Waals surface area contributed by atoms with Gasteiger partial charge in [0.05, 0.1) is 0 Å². The van der Waals surface area contributed by atoms with Crippen molar-refractivity contribution in [2.24, 2.45) is 0 Å². The molecule has 0 aliphatic rings. The summed E-state index contributed by atoms with van der Waals surface area (Å²) in [5, 5.41) is 0. The van der Waals surface area contributed by atoms with Crippen LogP contribution >= 0.6 is 0 Å². The third kappa shape index (κ3) is 70.3. The molecule has 1 unspecified atom stereocenters. The molecule has 0 aromatic rings. The molecule has 0 saturated carbocycles. The van der Waals surface area contributed by atoms with Crippen LogP contribution in [0.4, 0.5) is 0 Å². The van der Waals surface area contributed by atoms with Crippen molar-refractivity contribution in [1.29, 1.82) is 0 Å². The van der Waals surface area contributed by atoms with Gasteiger partial charge in [0.25, 0.3) is 0 Å². The molecule has 0 amide bonds. The van der Waals surface area contributed by atoms with Gasteiger partial charge in [0.15, 0.2) is 6.10 Å². The fourth-order valence-corrected chi connectivity index (χ4v) is 11.5. The SMILES string of the molecule is CCCCC/C=C\C/C=C\C/C=C\CCCCCCCCC(=O)OC(COC(=O)CCCCCCCCCCCCCCCCCCCCC)COC(=O)CCCCCCCCCCCCCCCCCCCCCCCCCCCCC. The van der Waals surface area contributed by atoms with Crippen molar-refractivity contribution in [2.75, 3.05) is 13.2 Å². The zero-order valence-corrected chi connectivity index (χ0v) is 56.2. The molecule has 0 fully saturated rings. The summed E-state index contributed by atoms with van der Waals surface area (Å²) in [7, 11) is 0. The summed E-state index contributed by atoms with van der Waals surface area (Å²) in [6, 6.07) is 0. The Balaban J connectivity index is 4.27. The number of carbonyl (C=O) groups is 3. The predicted octanol–water partition coefficient (Wildman–Crippen LogP) is 25.9. The van der Waals surface area contributed by atoms with Crippen LogP contribution in [0.5, 0.6) is 0 Å². The van der Waals surface area contributed by atoms with Crippen LogP contribution in [0.1, 0.15) is 419 Å². The molecule has 0 spiro atoms. The molecule has 0 N–H and O–H groups in total. The minimum atomic E-state index is -0.778. The van der Waals surface area contributed by atoms with Gasteiger partial charge in [-0.05, 0) is 57.8 Å². The Morgan fingerprint density at radius 3 is 0.699 bits per heavy atom. The third-order valence-electron chi connectivity index (χ3n) is 17.1. The van der Waals surface area contributed by atoms with Crippen LogP contribution in [0.3, 0.4) is 0 Å². The van der Waals surface area contributed by atoms with Crippen LogP contribution < -0.4 is 0 Å². The maximum atomic E-state index is 13.0. The highest BCUT2D eigenvalue weighted by atomic mass is 16.6. The molecule has 83 heavy (non-hydrogen) atoms. The van der Waals surface area contributed by atoms with E-state index in [4.69, 9.17) is 14.2 Å². The number of unbranched alkanes of at least 4 members (excludes halogenated alkanes) is 53. The van der Waals surface area contributed by atoms with E-state index in [-0.39, 0.29) is 31.1 Å². The van der Waals surface area contributed by atoms with Gasteiger partial charge in [-0.2, -0.15) is 0 Å². The molecule has 0 heterocycles. The number of hydrogen-bond donors (Lipinski definition) is 0. The molecular formula is C77H144O6. The van der Waals surface area contributed by atoms with Gasteiger partial charge in [0.1, 0.15) is 13.2 Å². The van der Waals surface area contributed by atoms with Gasteiger partial charge in [-0.3, -0.25) is 14.4 Å². The van der Waals surface area contributed by atoms with Gasteiger partial charge in [-0.25, -0.2) is 0 Å². The van der Waals surface area contributed by atoms with E-state index < -0.39 is 6.10 Å². The van der Waals surface area contributed by atoms with Crippen molar-refractivity contribution < 1.29 is 28.6 Å². The first kappa shape index (κ1) is 80.6. The van der Waals surface area contributed by atoms with Crippen LogP contribution in [0.25, 0.3) is 0 Å². The quantitative estimate of drug-likeness (QED) is 0.0261. The van der Waals surface area contributed by atoms with E-state index in [1.165, 1.54) is 302 Å². The molecular weight excluding hydrogens is 1020 g/mol. The summed E-state index contributed by atoms with van der Waals surface area (Å²) < 4.78 is 17.0. The Labute approximate surface area is 518 Å². The number of esters is 3. The second kappa shape index (κ2) is 72.1. The maximum Gasteiger partial charge on any atom is 0.306 e. The Kier molecular flexibility index (Phi) is 70.0. The lowest BCUT2D eigenvalue weighted by atomic mass is 10.0. The number of ether oxygens (including phenoxy) is 3. The molecule has 0 aliphatic carbocycles. The summed E-state index contributed by atoms with van der Waals surface area (Å²) in [6.45, 7) is 6.69. The molecule has 6 heteroatoms. The summed E-state index contributed by atoms with van der Waals surface area (Å²) in [4.78, 5) is 38.5. The Morgan fingerprint density at radius 1 is 0.241 bits per heavy atom. The smallest absolute Gasteiger partial charge is 0.306 e. The first-order valence-corrected chi connectivity index (χ1v) is 37.5. The largest absolute Gasteiger partial charge is 0.462 e. The highest BCUT2D eigenvalue weighted by Crippen LogP contribution is 2.19. The first-order chi connectivity index (χ1) is 41.0. The van der Waals surface area contributed by atoms with Crippen LogP contribution in [0, 0.1) is 0 Å². The molecule has 0 aromatic heterocycles. The topological polar surface area (TPSA) is 78.9 Å². The minimum absolute atomic E-state index is 0.0715. The van der Waals surface area contributed by atoms with Gasteiger partial charge in [0.2, 0.25) is 0 Å². The van der Waals surface area contributed by atoms with E-state index in [2.05, 4.69) is 57.2 Å². The molecule has 0 radical (unpaired) electrons. The second-order valence-electron chi connectivity index (χ2n) is 25.6. The van der Waals surface area contributed by atoms with Crippen LogP contribution in [-0.2, 0) is 28.6 Å². The van der Waals surface area contributed by atoms with E-state index >= 15 is 0 Å². The van der Waals surface area contributed by atoms with Crippen LogP contribution in [0.15, 0.2) is 36.5 Å². The molecule has 0 rings (SSSR count). The highest BCUT2D eigenvalue weighted by molar-refractivity contribution is 5.71. The van der Waals surface area contributed by atoms with E-state index in [0.717, 1.165) is 77.0 Å². The fourth-order valence-electron chi connectivity index (χ4n) is 11.5. The van der Waals surface area contributed by atoms with Gasteiger partial charge in [-0.15, -0.1) is 0 Å². The second-order valence-corrected chi connectivity index (χ2v) is 25.6. The van der Waals surface area contributed by atoms with Gasteiger partial charge < -0.3 is 14.2 Å². The number of allylic oxidation sites excluding steroid dienone is 6. The molecule has 0 aromatic carbocycles. The Hall–Kier alpha value is -2.37. The Morgan fingerprint density at radius 2 is 0.434 bits per heavy atom. The lowest BCUT2D eigenvalue weighted by Gasteiger charge is -2.18. The lowest BCUT2D eigenvalue weighted by Crippen LogP contribution is -2.30. The number of carbonyl (C=O) groups excluding carboxylic acids is 3. The predicted molar refractivity (Wildman–Crippen MR) is 362 cm³/mol. The third-order valence-corrected chi connectivity index (χ3v) is 17.1. The summed E-state index contributed by atoms with van der Waals surface area (Å²) in [5.41, 5.74) is 0. The van der Waals surface area contributed by atoms with Crippen molar-refractivity contribution in [3.05, 3.63) is 36.5 Å². The molecule has 0 saturated heterocycles. The minimum Gasteiger partial charge on any atom is -0.462 e. The molecule has 1 atom stereocenters. The van der Waals surface area contributed by atoms with Crippen LogP contribution in [0.2, 0.25) is 0 Å². The summed E-state index contributed by atoms with van der Waals surface area (Å²) >= 11 is 0. The van der Waals surface area contributed by atoms with Crippen molar-refractivity contribution in [3.63, 3.8) is 0 Å². The average molecular weight is 1170 g/mol. The fraction of sp³-hybridized carbons (Fsp3) is 0.883. The zero-order chi connectivity index (χ0) is 59.9. The molecule has 488 valence electrons. The summed E-state index contributed by atoms with van der Waals surface area (Å²) in [6.07, 6.45) is 90.4. The first-order valence-electron chi connectivity index (χ1n) is 37.5. The Bertz CT molecular complexity index is 1380. The van der Waals surface area contributed by atoms with Crippen molar-refractivity contribution in [1.82, 2.24) is 0 Å². The van der Waals surface area contributed by atoms with Gasteiger partial charge in [-0.1, -0.05) is 378 Å². The number of hydrogen-bond acceptors (Lipinski definition) is 6. The van der Waals surface area contributed by atoms with E-state index in [1.807, 2.05) is 0 Å². The normalized spacial score (nSPS) is 12.2. The van der Waals surface area contributed by atoms with Gasteiger partial charge >= 0.3 is 17.9 Å². The molecule has 0 aliphatic heterocycles. The van der Waals surface area contributed by atoms with Gasteiger partial charge in [0, 0.05) is 19.3 Å². The maximum absolute atomic E-state index is 13.0. The van der Waals surface area contributed by atoms with Crippen molar-refractivity contribution in [3.8, 4) is 0 Å². The average Bonchev–Trinajstić information content (AvgIpc) is 3.50. The van der Waals surface area contributed by atoms with E-state index in [0.29, 0.717) is 19.3 Å². The van der Waals surface area contributed by atoms with Crippen molar-refractivity contribution in [2.45, 2.75) is 425 Å². The zero-order valence-electron chi connectivity index (χ0n) is 56.2. The highest BCUT2D eigenvalue weighted by Gasteiger charge is 2.20. The summed E-state index contributed by atoms with van der Waals surface area (Å²) in [5.74, 6) is -0.850. The number of rotatable bonds is 70. The monoisotopic (exact) mass is 1170 g/mol. The van der Waals surface area contributed by atoms with Crippen LogP contribution in [-0.4, -0.2) is 37.2 Å². The standard InChI is InChI=1S/C77H144O6/c1-4-7-10-13-16-19-22-25-28-31-34-35-36-37-38-39-40-41-44-46-49-52-55-58-61-64-67-70-76(79)82-73-74(83-77(80)71-68-65-62-59-56-53-50-47-43-33-30-27-24-21-18-15-12-9-6-3)72-81-75(78)69-66-63-60-57-54-51-48-45-42-32-29-26-23-20-17-14-11-8-5-2/h18,21,27,30,43,47,74H,4-17,19-20,22-26,28-29,31-42,44-46,48-73H2,1-3H3/b21-18-,30-27-,47-43-. The lowest BCUT2D eigenvalue weighted by molar-refractivity contribution is -0.167.